The predicted molar refractivity (Wildman–Crippen MR) is 142 cm³/mol. The average Bonchev–Trinajstić information content (AvgIpc) is 3.22. The largest absolute Gasteiger partial charge is 0.493 e. The highest BCUT2D eigenvalue weighted by atomic mass is 79.9. The summed E-state index contributed by atoms with van der Waals surface area (Å²) in [6, 6.07) is 21.3. The molecule has 1 aromatic heterocycles. The molecule has 3 aromatic carbocycles. The van der Waals surface area contributed by atoms with Gasteiger partial charge in [-0.15, -0.1) is 6.58 Å². The van der Waals surface area contributed by atoms with Gasteiger partial charge in [-0.2, -0.15) is 0 Å². The maximum Gasteiger partial charge on any atom is 0.251 e. The summed E-state index contributed by atoms with van der Waals surface area (Å²) in [5.41, 5.74) is 3.70. The lowest BCUT2D eigenvalue weighted by molar-refractivity contribution is 0.0954. The minimum atomic E-state index is -0.107. The molecule has 0 saturated carbocycles. The van der Waals surface area contributed by atoms with Crippen LogP contribution < -0.4 is 14.8 Å². The second-order valence-corrected chi connectivity index (χ2v) is 8.93. The maximum atomic E-state index is 12.5. The van der Waals surface area contributed by atoms with Gasteiger partial charge in [-0.3, -0.25) is 4.79 Å². The van der Waals surface area contributed by atoms with Gasteiger partial charge in [0.25, 0.3) is 5.91 Å². The van der Waals surface area contributed by atoms with E-state index < -0.39 is 0 Å². The third kappa shape index (κ3) is 6.11. The van der Waals surface area contributed by atoms with Gasteiger partial charge in [0.2, 0.25) is 0 Å². The number of halogens is 1. The Balaban J connectivity index is 1.43. The minimum Gasteiger partial charge on any atom is -0.493 e. The normalized spacial score (nSPS) is 10.8. The molecule has 0 radical (unpaired) electrons. The molecular weight excluding hydrogens is 506 g/mol. The molecule has 6 nitrogen and oxygen atoms in total. The number of hydrogen-bond donors (Lipinski definition) is 1. The molecule has 0 atom stereocenters. The van der Waals surface area contributed by atoms with Crippen LogP contribution in [-0.2, 0) is 19.4 Å². The predicted octanol–water partition coefficient (Wildman–Crippen LogP) is 5.59. The first kappa shape index (κ1) is 24.5. The highest BCUT2D eigenvalue weighted by Crippen LogP contribution is 2.28. The SMILES string of the molecule is C=CCc1ccc(OCCn2c(CCNC(=O)c3cccc(Br)c3)nc3ccccc32)c(OC)c1. The van der Waals surface area contributed by atoms with Gasteiger partial charge < -0.3 is 19.4 Å². The number of carbonyl (C=O) groups excluding carboxylic acids is 1. The molecule has 180 valence electrons. The van der Waals surface area contributed by atoms with Crippen LogP contribution in [0.4, 0.5) is 0 Å². The van der Waals surface area contributed by atoms with E-state index in [0.717, 1.165) is 33.3 Å². The molecule has 0 saturated heterocycles. The topological polar surface area (TPSA) is 65.4 Å². The summed E-state index contributed by atoms with van der Waals surface area (Å²) >= 11 is 3.41. The summed E-state index contributed by atoms with van der Waals surface area (Å²) in [5, 5.41) is 2.99. The van der Waals surface area contributed by atoms with Crippen molar-refractivity contribution in [3.8, 4) is 11.5 Å². The Morgan fingerprint density at radius 2 is 1.97 bits per heavy atom. The van der Waals surface area contributed by atoms with Crippen molar-refractivity contribution in [3.63, 3.8) is 0 Å². The van der Waals surface area contributed by atoms with Crippen molar-refractivity contribution < 1.29 is 14.3 Å². The van der Waals surface area contributed by atoms with Crippen molar-refractivity contribution in [3.05, 3.63) is 101 Å². The highest BCUT2D eigenvalue weighted by Gasteiger charge is 2.13. The van der Waals surface area contributed by atoms with Gasteiger partial charge in [0, 0.05) is 23.0 Å². The second kappa shape index (κ2) is 11.7. The van der Waals surface area contributed by atoms with Crippen LogP contribution in [0.5, 0.6) is 11.5 Å². The molecule has 1 amide bonds. The first-order valence-electron chi connectivity index (χ1n) is 11.5. The molecule has 4 rings (SSSR count). The molecule has 1 N–H and O–H groups in total. The van der Waals surface area contributed by atoms with Gasteiger partial charge in [0.1, 0.15) is 12.4 Å². The number of methoxy groups -OCH3 is 1. The Labute approximate surface area is 213 Å². The Morgan fingerprint density at radius 1 is 1.11 bits per heavy atom. The van der Waals surface area contributed by atoms with Crippen LogP contribution in [-0.4, -0.2) is 35.7 Å². The fourth-order valence-electron chi connectivity index (χ4n) is 3.96. The Bertz CT molecular complexity index is 1330. The minimum absolute atomic E-state index is 0.107. The van der Waals surface area contributed by atoms with E-state index in [2.05, 4.69) is 38.5 Å². The molecule has 0 aliphatic rings. The molecule has 0 spiro atoms. The zero-order chi connectivity index (χ0) is 24.6. The quantitative estimate of drug-likeness (QED) is 0.255. The van der Waals surface area contributed by atoms with E-state index in [4.69, 9.17) is 14.5 Å². The van der Waals surface area contributed by atoms with E-state index in [9.17, 15) is 4.79 Å². The summed E-state index contributed by atoms with van der Waals surface area (Å²) in [6.07, 6.45) is 3.25. The van der Waals surface area contributed by atoms with Crippen molar-refractivity contribution in [2.75, 3.05) is 20.3 Å². The summed E-state index contributed by atoms with van der Waals surface area (Å²) in [4.78, 5) is 17.3. The first-order chi connectivity index (χ1) is 17.1. The van der Waals surface area contributed by atoms with Crippen molar-refractivity contribution in [2.45, 2.75) is 19.4 Å². The van der Waals surface area contributed by atoms with Crippen LogP contribution in [0.2, 0.25) is 0 Å². The van der Waals surface area contributed by atoms with Gasteiger partial charge in [0.15, 0.2) is 11.5 Å². The highest BCUT2D eigenvalue weighted by molar-refractivity contribution is 9.10. The molecule has 0 aliphatic carbocycles. The number of nitrogens with one attached hydrogen (secondary N) is 1. The number of rotatable bonds is 11. The molecule has 0 fully saturated rings. The lowest BCUT2D eigenvalue weighted by Crippen LogP contribution is -2.26. The number of amides is 1. The van der Waals surface area contributed by atoms with Gasteiger partial charge in [-0.25, -0.2) is 4.98 Å². The average molecular weight is 534 g/mol. The van der Waals surface area contributed by atoms with Crippen molar-refractivity contribution in [2.24, 2.45) is 0 Å². The van der Waals surface area contributed by atoms with Gasteiger partial charge >= 0.3 is 0 Å². The number of imidazole rings is 1. The molecule has 4 aromatic rings. The number of para-hydroxylation sites is 2. The van der Waals surface area contributed by atoms with Gasteiger partial charge in [-0.1, -0.05) is 46.3 Å². The number of ether oxygens (including phenoxy) is 2. The Morgan fingerprint density at radius 3 is 2.77 bits per heavy atom. The van der Waals surface area contributed by atoms with Crippen molar-refractivity contribution in [1.29, 1.82) is 0 Å². The monoisotopic (exact) mass is 533 g/mol. The van der Waals surface area contributed by atoms with Crippen LogP contribution in [0.25, 0.3) is 11.0 Å². The number of benzene rings is 3. The number of nitrogens with zero attached hydrogens (tertiary/aromatic N) is 2. The number of fused-ring (bicyclic) bond motifs is 1. The number of carbonyl (C=O) groups is 1. The number of aromatic nitrogens is 2. The number of allylic oxidation sites excluding steroid dienone is 1. The third-order valence-corrected chi connectivity index (χ3v) is 6.13. The maximum absolute atomic E-state index is 12.5. The second-order valence-electron chi connectivity index (χ2n) is 8.01. The lowest BCUT2D eigenvalue weighted by atomic mass is 10.1. The molecule has 1 heterocycles. The summed E-state index contributed by atoms with van der Waals surface area (Å²) in [7, 11) is 1.64. The van der Waals surface area contributed by atoms with E-state index in [-0.39, 0.29) is 5.91 Å². The van der Waals surface area contributed by atoms with Crippen LogP contribution in [0.1, 0.15) is 21.7 Å². The number of hydrogen-bond acceptors (Lipinski definition) is 4. The zero-order valence-corrected chi connectivity index (χ0v) is 21.3. The smallest absolute Gasteiger partial charge is 0.251 e. The van der Waals surface area contributed by atoms with Crippen LogP contribution in [0.15, 0.2) is 83.9 Å². The molecule has 35 heavy (non-hydrogen) atoms. The Kier molecular flexibility index (Phi) is 8.21. The Hall–Kier alpha value is -3.58. The van der Waals surface area contributed by atoms with E-state index in [1.165, 1.54) is 0 Å². The molecule has 0 aliphatic heterocycles. The molecular formula is C28H28BrN3O3. The van der Waals surface area contributed by atoms with Crippen molar-refractivity contribution >= 4 is 32.9 Å². The first-order valence-corrected chi connectivity index (χ1v) is 12.3. The van der Waals surface area contributed by atoms with E-state index in [1.54, 1.807) is 19.2 Å². The standard InChI is InChI=1S/C28H28BrN3O3/c1-3-7-20-12-13-25(26(18-20)34-2)35-17-16-32-24-11-5-4-10-23(24)31-27(32)14-15-30-28(33)21-8-6-9-22(29)19-21/h3-6,8-13,18-19H,1,7,14-17H2,2H3,(H,30,33). The lowest BCUT2D eigenvalue weighted by Gasteiger charge is -2.14. The summed E-state index contributed by atoms with van der Waals surface area (Å²) in [5.74, 6) is 2.20. The van der Waals surface area contributed by atoms with Crippen molar-refractivity contribution in [1.82, 2.24) is 14.9 Å². The van der Waals surface area contributed by atoms with Crippen LogP contribution in [0.3, 0.4) is 0 Å². The fraction of sp³-hybridized carbons (Fsp3) is 0.214. The molecule has 0 bridgehead atoms. The molecule has 0 unspecified atom stereocenters. The zero-order valence-electron chi connectivity index (χ0n) is 19.7. The van der Waals surface area contributed by atoms with Crippen LogP contribution in [0, 0.1) is 0 Å². The van der Waals surface area contributed by atoms with E-state index in [0.29, 0.717) is 43.2 Å². The van der Waals surface area contributed by atoms with E-state index in [1.807, 2.05) is 54.6 Å². The third-order valence-electron chi connectivity index (χ3n) is 5.64. The summed E-state index contributed by atoms with van der Waals surface area (Å²) in [6.45, 7) is 5.34. The van der Waals surface area contributed by atoms with Gasteiger partial charge in [-0.05, 0) is 54.4 Å². The van der Waals surface area contributed by atoms with Crippen LogP contribution >= 0.6 is 15.9 Å². The summed E-state index contributed by atoms with van der Waals surface area (Å²) < 4.78 is 14.6. The fourth-order valence-corrected chi connectivity index (χ4v) is 4.36. The molecule has 7 heteroatoms. The van der Waals surface area contributed by atoms with E-state index >= 15 is 0 Å². The van der Waals surface area contributed by atoms with Gasteiger partial charge in [0.05, 0.1) is 24.7 Å².